The lowest BCUT2D eigenvalue weighted by Crippen LogP contribution is -2.08. The summed E-state index contributed by atoms with van der Waals surface area (Å²) in [5.74, 6) is 8.04. The Morgan fingerprint density at radius 3 is 0.576 bits per heavy atom. The van der Waals surface area contributed by atoms with Crippen molar-refractivity contribution in [3.63, 3.8) is 0 Å². The summed E-state index contributed by atoms with van der Waals surface area (Å²) in [5, 5.41) is 0. The number of rotatable bonds is 0. The van der Waals surface area contributed by atoms with Gasteiger partial charge in [-0.1, -0.05) is 256 Å². The van der Waals surface area contributed by atoms with Crippen molar-refractivity contribution in [1.29, 1.82) is 0 Å². The second-order valence-electron chi connectivity index (χ2n) is 20.0. The molecule has 3 aromatic carbocycles. The fraction of sp³-hybridized carbons (Fsp3) is 0.690. The van der Waals surface area contributed by atoms with Crippen molar-refractivity contribution in [1.82, 2.24) is 0 Å². The van der Waals surface area contributed by atoms with Crippen LogP contribution in [0.25, 0.3) is 0 Å². The second kappa shape index (κ2) is 34.2. The van der Waals surface area contributed by atoms with Crippen LogP contribution in [-0.4, -0.2) is 0 Å². The molecule has 4 aliphatic carbocycles. The van der Waals surface area contributed by atoms with Gasteiger partial charge in [0.2, 0.25) is 0 Å². The molecule has 0 nitrogen and oxygen atoms in total. The summed E-state index contributed by atoms with van der Waals surface area (Å²) in [6.07, 6.45) is 23.6. The lowest BCUT2D eigenvalue weighted by Gasteiger charge is -2.22. The topological polar surface area (TPSA) is 0 Å². The fourth-order valence-electron chi connectivity index (χ4n) is 7.68. The molecule has 59 heavy (non-hydrogen) atoms. The first kappa shape index (κ1) is 58.7. The molecule has 0 atom stereocenters. The van der Waals surface area contributed by atoms with Gasteiger partial charge in [0.1, 0.15) is 5.82 Å². The summed E-state index contributed by atoms with van der Waals surface area (Å²) < 4.78 is 12.6. The largest absolute Gasteiger partial charge is 0.207 e. The van der Waals surface area contributed by atoms with Crippen LogP contribution < -0.4 is 0 Å². The van der Waals surface area contributed by atoms with Crippen molar-refractivity contribution in [2.24, 2.45) is 47.3 Å². The highest BCUT2D eigenvalue weighted by Gasteiger charge is 2.15. The normalized spacial score (nSPS) is 25.5. The molecule has 0 unspecified atom stereocenters. The van der Waals surface area contributed by atoms with E-state index in [1.54, 1.807) is 13.0 Å². The van der Waals surface area contributed by atoms with Gasteiger partial charge < -0.3 is 0 Å². The van der Waals surface area contributed by atoms with E-state index in [1.165, 1.54) is 131 Å². The van der Waals surface area contributed by atoms with E-state index < -0.39 is 0 Å². The fourth-order valence-corrected chi connectivity index (χ4v) is 7.68. The molecule has 0 radical (unpaired) electrons. The number of benzene rings is 3. The van der Waals surface area contributed by atoms with Gasteiger partial charge in [-0.15, -0.1) is 0 Å². The van der Waals surface area contributed by atoms with Crippen LogP contribution in [0.3, 0.4) is 0 Å². The Labute approximate surface area is 370 Å². The Bertz CT molecular complexity index is 1150. The van der Waals surface area contributed by atoms with Crippen LogP contribution in [0, 0.1) is 94.7 Å². The molecule has 340 valence electrons. The van der Waals surface area contributed by atoms with Gasteiger partial charge in [0.05, 0.1) is 0 Å². The van der Waals surface area contributed by atoms with Crippen LogP contribution in [0.15, 0.2) is 66.7 Å². The molecule has 0 amide bonds. The molecule has 0 aromatic heterocycles. The third-order valence-electron chi connectivity index (χ3n) is 13.0. The molecule has 0 heterocycles. The van der Waals surface area contributed by atoms with Gasteiger partial charge in [-0.3, -0.25) is 0 Å². The van der Waals surface area contributed by atoms with Crippen molar-refractivity contribution in [2.75, 3.05) is 0 Å². The molecule has 4 fully saturated rings. The maximum absolute atomic E-state index is 12.6. The second-order valence-corrected chi connectivity index (χ2v) is 20.0. The summed E-state index contributed by atoms with van der Waals surface area (Å²) in [4.78, 5) is 0. The van der Waals surface area contributed by atoms with Gasteiger partial charge in [0, 0.05) is 0 Å². The standard InChI is InChI=1S/C8H9F.4C8H16.2C8H10.2CH4/c1-6-3-4-7(2)8(9)5-6;6*1-7-3-5-8(2)6-4-7;;/h3-5H,1-2H3;4*7-8H,3-6H2,1-2H3;2*3-6H,1-2H3;2*1H4. The van der Waals surface area contributed by atoms with Gasteiger partial charge in [-0.2, -0.15) is 0 Å². The summed E-state index contributed by atoms with van der Waals surface area (Å²) in [6, 6.07) is 22.2. The highest BCUT2D eigenvalue weighted by molar-refractivity contribution is 5.22. The summed E-state index contributed by atoms with van der Waals surface area (Å²) in [5.41, 5.74) is 7.00. The predicted molar refractivity (Wildman–Crippen MR) is 268 cm³/mol. The third kappa shape index (κ3) is 32.0. The molecule has 0 saturated heterocycles. The SMILES string of the molecule is C.C.CC1CCC(C)CC1.CC1CCC(C)CC1.CC1CCC(C)CC1.CC1CCC(C)CC1.Cc1ccc(C)c(F)c1.Cc1ccc(C)cc1.Cc1ccc(C)cc1. The average molecular weight is 817 g/mol. The van der Waals surface area contributed by atoms with Gasteiger partial charge in [-0.05, 0) is 106 Å². The first-order valence-corrected chi connectivity index (χ1v) is 23.7. The molecule has 1 heteroatoms. The summed E-state index contributed by atoms with van der Waals surface area (Å²) in [6.45, 7) is 31.0. The zero-order valence-electron chi connectivity index (χ0n) is 40.2. The van der Waals surface area contributed by atoms with Crippen LogP contribution in [0.1, 0.15) is 206 Å². The number of hydrogen-bond donors (Lipinski definition) is 0. The first-order valence-electron chi connectivity index (χ1n) is 23.7. The van der Waals surface area contributed by atoms with Crippen molar-refractivity contribution in [2.45, 2.75) is 215 Å². The predicted octanol–water partition coefficient (Wildman–Crippen LogP) is 19.7. The minimum absolute atomic E-state index is 0. The van der Waals surface area contributed by atoms with Crippen LogP contribution >= 0.6 is 0 Å². The molecule has 0 aliphatic heterocycles. The molecule has 4 saturated carbocycles. The summed E-state index contributed by atoms with van der Waals surface area (Å²) >= 11 is 0. The van der Waals surface area contributed by atoms with E-state index in [9.17, 15) is 4.39 Å². The van der Waals surface area contributed by atoms with Gasteiger partial charge >= 0.3 is 0 Å². The highest BCUT2D eigenvalue weighted by Crippen LogP contribution is 2.29. The van der Waals surface area contributed by atoms with E-state index in [4.69, 9.17) is 0 Å². The van der Waals surface area contributed by atoms with Gasteiger partial charge in [-0.25, -0.2) is 4.39 Å². The Kier molecular flexibility index (Phi) is 34.0. The van der Waals surface area contributed by atoms with Gasteiger partial charge in [0.25, 0.3) is 0 Å². The molecular formula is C58H101F. The van der Waals surface area contributed by atoms with Gasteiger partial charge in [0.15, 0.2) is 0 Å². The maximum Gasteiger partial charge on any atom is 0.126 e. The van der Waals surface area contributed by atoms with E-state index in [0.717, 1.165) is 52.9 Å². The highest BCUT2D eigenvalue weighted by atomic mass is 19.1. The molecular weight excluding hydrogens is 716 g/mol. The smallest absolute Gasteiger partial charge is 0.126 e. The van der Waals surface area contributed by atoms with E-state index in [-0.39, 0.29) is 20.7 Å². The third-order valence-corrected chi connectivity index (χ3v) is 13.0. The van der Waals surface area contributed by atoms with E-state index >= 15 is 0 Å². The van der Waals surface area contributed by atoms with Crippen molar-refractivity contribution in [3.8, 4) is 0 Å². The Morgan fingerprint density at radius 2 is 0.441 bits per heavy atom. The van der Waals surface area contributed by atoms with E-state index in [2.05, 4.69) is 132 Å². The van der Waals surface area contributed by atoms with Crippen LogP contribution in [-0.2, 0) is 0 Å². The summed E-state index contributed by atoms with van der Waals surface area (Å²) in [7, 11) is 0. The van der Waals surface area contributed by atoms with Crippen molar-refractivity contribution >= 4 is 0 Å². The molecule has 4 aliphatic rings. The number of halogens is 1. The van der Waals surface area contributed by atoms with E-state index in [1.807, 2.05) is 13.0 Å². The van der Waals surface area contributed by atoms with Crippen LogP contribution in [0.4, 0.5) is 4.39 Å². The Morgan fingerprint density at radius 1 is 0.288 bits per heavy atom. The molecule has 0 bridgehead atoms. The van der Waals surface area contributed by atoms with Crippen LogP contribution in [0.5, 0.6) is 0 Å². The minimum Gasteiger partial charge on any atom is -0.207 e. The molecule has 0 N–H and O–H groups in total. The quantitative estimate of drug-likeness (QED) is 0.212. The minimum atomic E-state index is -0.116. The van der Waals surface area contributed by atoms with Crippen LogP contribution in [0.2, 0.25) is 0 Å². The maximum atomic E-state index is 12.6. The number of aryl methyl sites for hydroxylation is 6. The lowest BCUT2D eigenvalue weighted by atomic mass is 9.84. The Balaban J connectivity index is 0. The first-order chi connectivity index (χ1) is 26.9. The monoisotopic (exact) mass is 817 g/mol. The van der Waals surface area contributed by atoms with E-state index in [0.29, 0.717) is 5.56 Å². The van der Waals surface area contributed by atoms with Crippen molar-refractivity contribution in [3.05, 3.63) is 106 Å². The Hall–Kier alpha value is -2.41. The lowest BCUT2D eigenvalue weighted by molar-refractivity contribution is 0.308. The average Bonchev–Trinajstić information content (AvgIpc) is 3.19. The number of hydrogen-bond acceptors (Lipinski definition) is 0. The van der Waals surface area contributed by atoms with Crippen molar-refractivity contribution < 1.29 is 4.39 Å². The molecule has 7 rings (SSSR count). The molecule has 3 aromatic rings. The molecule has 0 spiro atoms. The zero-order valence-corrected chi connectivity index (χ0v) is 40.2. The zero-order chi connectivity index (χ0) is 42.8.